The number of rotatable bonds is 8. The Morgan fingerprint density at radius 3 is 2.50 bits per heavy atom. The van der Waals surface area contributed by atoms with Crippen molar-refractivity contribution < 1.29 is 19.8 Å². The van der Waals surface area contributed by atoms with Crippen LogP contribution >= 0.6 is 0 Å². The molecule has 6 heteroatoms. The van der Waals surface area contributed by atoms with Crippen molar-refractivity contribution in [1.29, 1.82) is 0 Å². The van der Waals surface area contributed by atoms with Gasteiger partial charge in [-0.25, -0.2) is 0 Å². The van der Waals surface area contributed by atoms with Crippen LogP contribution in [0.2, 0.25) is 0 Å². The minimum absolute atomic E-state index is 0.229. The summed E-state index contributed by atoms with van der Waals surface area (Å²) in [7, 11) is 0. The van der Waals surface area contributed by atoms with E-state index < -0.39 is 24.0 Å². The summed E-state index contributed by atoms with van der Waals surface area (Å²) in [5, 5.41) is 22.2. The molecule has 0 radical (unpaired) electrons. The molecule has 1 aromatic carbocycles. The van der Waals surface area contributed by atoms with E-state index >= 15 is 0 Å². The lowest BCUT2D eigenvalue weighted by atomic mass is 10.0. The molecule has 0 aliphatic carbocycles. The van der Waals surface area contributed by atoms with Gasteiger partial charge in [0.25, 0.3) is 0 Å². The lowest BCUT2D eigenvalue weighted by Crippen LogP contribution is -2.48. The first kappa shape index (κ1) is 16.0. The predicted octanol–water partition coefficient (Wildman–Crippen LogP) is 2.01. The summed E-state index contributed by atoms with van der Waals surface area (Å²) in [6.45, 7) is 1.87. The minimum Gasteiger partial charge on any atom is -0.480 e. The van der Waals surface area contributed by atoms with Crippen LogP contribution in [0.3, 0.4) is 0 Å². The zero-order valence-corrected chi connectivity index (χ0v) is 12.4. The number of fused-ring (bicyclic) bond motifs is 1. The van der Waals surface area contributed by atoms with Crippen molar-refractivity contribution in [2.24, 2.45) is 0 Å². The first-order chi connectivity index (χ1) is 10.5. The van der Waals surface area contributed by atoms with Gasteiger partial charge in [-0.1, -0.05) is 31.5 Å². The molecule has 0 aliphatic heterocycles. The molecule has 2 rings (SSSR count). The number of para-hydroxylation sites is 1. The molecule has 2 aromatic rings. The maximum atomic E-state index is 11.5. The summed E-state index contributed by atoms with van der Waals surface area (Å²) in [5.41, 5.74) is 1.79. The Balaban J connectivity index is 2.18. The molecule has 4 N–H and O–H groups in total. The standard InChI is InChI=1S/C16H20N2O4/c1-2-5-13(15(19)20)18-14(16(21)22)8-10-9-17-12-7-4-3-6-11(10)12/h3-4,6-7,9,13-14,17-18H,2,5,8H2,1H3,(H,19,20)(H,21,22). The Morgan fingerprint density at radius 2 is 1.86 bits per heavy atom. The Morgan fingerprint density at radius 1 is 1.18 bits per heavy atom. The smallest absolute Gasteiger partial charge is 0.321 e. The van der Waals surface area contributed by atoms with Crippen LogP contribution in [0.15, 0.2) is 30.5 Å². The lowest BCUT2D eigenvalue weighted by Gasteiger charge is -2.19. The Hall–Kier alpha value is -2.34. The van der Waals surface area contributed by atoms with Crippen LogP contribution in [0.25, 0.3) is 10.9 Å². The van der Waals surface area contributed by atoms with Crippen molar-refractivity contribution in [3.8, 4) is 0 Å². The summed E-state index contributed by atoms with van der Waals surface area (Å²) in [6, 6.07) is 5.83. The van der Waals surface area contributed by atoms with Gasteiger partial charge in [0.2, 0.25) is 0 Å². The Labute approximate surface area is 128 Å². The van der Waals surface area contributed by atoms with E-state index in [-0.39, 0.29) is 6.42 Å². The van der Waals surface area contributed by atoms with Gasteiger partial charge in [0.15, 0.2) is 0 Å². The van der Waals surface area contributed by atoms with Crippen LogP contribution in [0.1, 0.15) is 25.3 Å². The van der Waals surface area contributed by atoms with Gasteiger partial charge in [-0.15, -0.1) is 0 Å². The number of aliphatic carboxylic acids is 2. The summed E-state index contributed by atoms with van der Waals surface area (Å²) in [6.07, 6.45) is 3.07. The third-order valence-electron chi connectivity index (χ3n) is 3.67. The minimum atomic E-state index is -1.05. The molecule has 2 unspecified atom stereocenters. The number of nitrogens with one attached hydrogen (secondary N) is 2. The average molecular weight is 304 g/mol. The molecule has 0 fully saturated rings. The van der Waals surface area contributed by atoms with E-state index in [1.807, 2.05) is 31.2 Å². The molecular weight excluding hydrogens is 284 g/mol. The quantitative estimate of drug-likeness (QED) is 0.597. The zero-order valence-electron chi connectivity index (χ0n) is 12.4. The Kier molecular flexibility index (Phi) is 5.16. The zero-order chi connectivity index (χ0) is 16.1. The van der Waals surface area contributed by atoms with E-state index in [1.54, 1.807) is 6.20 Å². The molecule has 0 spiro atoms. The number of hydrogen-bond acceptors (Lipinski definition) is 3. The molecule has 0 saturated heterocycles. The third kappa shape index (κ3) is 3.65. The van der Waals surface area contributed by atoms with Gasteiger partial charge in [-0.3, -0.25) is 14.9 Å². The fourth-order valence-electron chi connectivity index (χ4n) is 2.55. The SMILES string of the molecule is CCCC(NC(Cc1c[nH]c2ccccc12)C(=O)O)C(=O)O. The summed E-state index contributed by atoms with van der Waals surface area (Å²) in [4.78, 5) is 25.8. The molecule has 2 atom stereocenters. The molecule has 6 nitrogen and oxygen atoms in total. The molecule has 22 heavy (non-hydrogen) atoms. The van der Waals surface area contributed by atoms with Crippen molar-refractivity contribution in [3.05, 3.63) is 36.0 Å². The second-order valence-electron chi connectivity index (χ2n) is 5.30. The van der Waals surface area contributed by atoms with Gasteiger partial charge in [0.1, 0.15) is 12.1 Å². The second kappa shape index (κ2) is 7.09. The highest BCUT2D eigenvalue weighted by Crippen LogP contribution is 2.19. The van der Waals surface area contributed by atoms with E-state index in [1.165, 1.54) is 0 Å². The highest BCUT2D eigenvalue weighted by atomic mass is 16.4. The van der Waals surface area contributed by atoms with Gasteiger partial charge in [-0.05, 0) is 18.1 Å². The van der Waals surface area contributed by atoms with Gasteiger partial charge >= 0.3 is 11.9 Å². The van der Waals surface area contributed by atoms with Crippen molar-refractivity contribution in [1.82, 2.24) is 10.3 Å². The largest absolute Gasteiger partial charge is 0.480 e. The lowest BCUT2D eigenvalue weighted by molar-refractivity contribution is -0.142. The van der Waals surface area contributed by atoms with Crippen LogP contribution in [-0.2, 0) is 16.0 Å². The van der Waals surface area contributed by atoms with Gasteiger partial charge in [0.05, 0.1) is 0 Å². The first-order valence-corrected chi connectivity index (χ1v) is 7.29. The molecule has 118 valence electrons. The van der Waals surface area contributed by atoms with Crippen LogP contribution in [0.4, 0.5) is 0 Å². The van der Waals surface area contributed by atoms with E-state index in [0.717, 1.165) is 16.5 Å². The number of aromatic amines is 1. The van der Waals surface area contributed by atoms with Crippen molar-refractivity contribution in [2.45, 2.75) is 38.3 Å². The van der Waals surface area contributed by atoms with Crippen LogP contribution in [0, 0.1) is 0 Å². The maximum Gasteiger partial charge on any atom is 0.321 e. The number of carbonyl (C=O) groups is 2. The molecule has 0 saturated carbocycles. The summed E-state index contributed by atoms with van der Waals surface area (Å²) in [5.74, 6) is -2.07. The van der Waals surface area contributed by atoms with Crippen molar-refractivity contribution in [2.75, 3.05) is 0 Å². The highest BCUT2D eigenvalue weighted by molar-refractivity contribution is 5.84. The van der Waals surface area contributed by atoms with E-state index in [4.69, 9.17) is 0 Å². The maximum absolute atomic E-state index is 11.5. The van der Waals surface area contributed by atoms with Gasteiger partial charge in [-0.2, -0.15) is 0 Å². The highest BCUT2D eigenvalue weighted by Gasteiger charge is 2.26. The molecule has 1 heterocycles. The average Bonchev–Trinajstić information content (AvgIpc) is 2.88. The summed E-state index contributed by atoms with van der Waals surface area (Å²) >= 11 is 0. The molecule has 1 aromatic heterocycles. The molecular formula is C16H20N2O4. The monoisotopic (exact) mass is 304 g/mol. The number of benzene rings is 1. The van der Waals surface area contributed by atoms with Crippen molar-refractivity contribution >= 4 is 22.8 Å². The topological polar surface area (TPSA) is 102 Å². The number of carboxylic acid groups (broad SMARTS) is 2. The number of H-pyrrole nitrogens is 1. The Bertz CT molecular complexity index is 665. The number of hydrogen-bond donors (Lipinski definition) is 4. The van der Waals surface area contributed by atoms with E-state index in [2.05, 4.69) is 10.3 Å². The van der Waals surface area contributed by atoms with Crippen molar-refractivity contribution in [3.63, 3.8) is 0 Å². The molecule has 0 bridgehead atoms. The molecule has 0 amide bonds. The third-order valence-corrected chi connectivity index (χ3v) is 3.67. The fourth-order valence-corrected chi connectivity index (χ4v) is 2.55. The predicted molar refractivity (Wildman–Crippen MR) is 82.9 cm³/mol. The summed E-state index contributed by atoms with van der Waals surface area (Å²) < 4.78 is 0. The van der Waals surface area contributed by atoms with E-state index in [9.17, 15) is 19.8 Å². The van der Waals surface area contributed by atoms with Crippen LogP contribution < -0.4 is 5.32 Å². The molecule has 0 aliphatic rings. The number of carboxylic acids is 2. The number of aromatic nitrogens is 1. The second-order valence-corrected chi connectivity index (χ2v) is 5.30. The van der Waals surface area contributed by atoms with E-state index in [0.29, 0.717) is 12.8 Å². The van der Waals surface area contributed by atoms with Gasteiger partial charge in [0, 0.05) is 23.5 Å². The van der Waals surface area contributed by atoms with Crippen LogP contribution in [0.5, 0.6) is 0 Å². The normalized spacial score (nSPS) is 13.9. The van der Waals surface area contributed by atoms with Gasteiger partial charge < -0.3 is 15.2 Å². The first-order valence-electron chi connectivity index (χ1n) is 7.29. The fraction of sp³-hybridized carbons (Fsp3) is 0.375. The van der Waals surface area contributed by atoms with Crippen LogP contribution in [-0.4, -0.2) is 39.2 Å².